The van der Waals surface area contributed by atoms with E-state index in [2.05, 4.69) is 35.3 Å². The first-order chi connectivity index (χ1) is 11.3. The van der Waals surface area contributed by atoms with Crippen LogP contribution in [0.15, 0.2) is 23.0 Å². The predicted molar refractivity (Wildman–Crippen MR) is 111 cm³/mol. The summed E-state index contributed by atoms with van der Waals surface area (Å²) in [4.78, 5) is 15.2. The Hall–Kier alpha value is -0.590. The fraction of sp³-hybridized carbons (Fsp3) is 0.611. The Kier molecular flexibility index (Phi) is 7.35. The first kappa shape index (κ1) is 20.7. The zero-order valence-electron chi connectivity index (χ0n) is 14.6. The zero-order valence-corrected chi connectivity index (χ0v) is 17.0. The van der Waals surface area contributed by atoms with Crippen molar-refractivity contribution < 1.29 is 0 Å². The first-order valence-corrected chi connectivity index (χ1v) is 9.66. The highest BCUT2D eigenvalue weighted by Gasteiger charge is 2.35. The van der Waals surface area contributed by atoms with E-state index in [-0.39, 0.29) is 29.7 Å². The van der Waals surface area contributed by atoms with Crippen LogP contribution in [0, 0.1) is 0 Å². The maximum atomic E-state index is 12.4. The SMILES string of the molecule is CCCc1ccc2c(c1)sc(=O)n2CCN1C2CCC1CNC2.Cl.Cl. The molecule has 2 aliphatic heterocycles. The molecular formula is C18H27Cl2N3OS. The normalized spacial score (nSPS) is 22.6. The van der Waals surface area contributed by atoms with E-state index in [1.165, 1.54) is 29.7 Å². The minimum atomic E-state index is 0. The van der Waals surface area contributed by atoms with Gasteiger partial charge in [0.2, 0.25) is 0 Å². The molecule has 2 fully saturated rings. The van der Waals surface area contributed by atoms with Gasteiger partial charge >= 0.3 is 4.87 Å². The van der Waals surface area contributed by atoms with Crippen LogP contribution in [0.4, 0.5) is 0 Å². The Morgan fingerprint density at radius 2 is 1.88 bits per heavy atom. The molecule has 1 N–H and O–H groups in total. The van der Waals surface area contributed by atoms with Crippen molar-refractivity contribution in [3.63, 3.8) is 0 Å². The van der Waals surface area contributed by atoms with Crippen LogP contribution in [0.2, 0.25) is 0 Å². The lowest BCUT2D eigenvalue weighted by Gasteiger charge is -2.35. The van der Waals surface area contributed by atoms with Gasteiger partial charge in [-0.1, -0.05) is 30.7 Å². The number of aromatic nitrogens is 1. The summed E-state index contributed by atoms with van der Waals surface area (Å²) >= 11 is 1.40. The maximum Gasteiger partial charge on any atom is 0.308 e. The van der Waals surface area contributed by atoms with Crippen LogP contribution in [0.25, 0.3) is 10.2 Å². The second-order valence-corrected chi connectivity index (χ2v) is 7.85. The van der Waals surface area contributed by atoms with Gasteiger partial charge in [0.1, 0.15) is 0 Å². The van der Waals surface area contributed by atoms with E-state index in [9.17, 15) is 4.79 Å². The molecule has 0 aliphatic carbocycles. The van der Waals surface area contributed by atoms with Crippen molar-refractivity contribution in [2.75, 3.05) is 19.6 Å². The van der Waals surface area contributed by atoms with E-state index >= 15 is 0 Å². The molecule has 2 saturated heterocycles. The van der Waals surface area contributed by atoms with Gasteiger partial charge in [-0.15, -0.1) is 24.8 Å². The van der Waals surface area contributed by atoms with Crippen molar-refractivity contribution in [1.29, 1.82) is 0 Å². The number of piperazine rings is 1. The summed E-state index contributed by atoms with van der Waals surface area (Å²) in [5.41, 5.74) is 2.45. The maximum absolute atomic E-state index is 12.4. The van der Waals surface area contributed by atoms with Crippen molar-refractivity contribution >= 4 is 46.4 Å². The highest BCUT2D eigenvalue weighted by molar-refractivity contribution is 7.16. The van der Waals surface area contributed by atoms with Crippen LogP contribution in [0.1, 0.15) is 31.7 Å². The Morgan fingerprint density at radius 3 is 2.56 bits per heavy atom. The molecule has 25 heavy (non-hydrogen) atoms. The molecule has 4 nitrogen and oxygen atoms in total. The van der Waals surface area contributed by atoms with Gasteiger partial charge in [0.05, 0.1) is 10.2 Å². The third-order valence-corrected chi connectivity index (χ3v) is 6.33. The molecule has 2 aromatic rings. The molecular weight excluding hydrogens is 377 g/mol. The summed E-state index contributed by atoms with van der Waals surface area (Å²) in [5, 5.41) is 3.52. The molecule has 7 heteroatoms. The van der Waals surface area contributed by atoms with Gasteiger partial charge in [0, 0.05) is 38.3 Å². The van der Waals surface area contributed by atoms with E-state index in [4.69, 9.17) is 0 Å². The van der Waals surface area contributed by atoms with Crippen molar-refractivity contribution in [3.8, 4) is 0 Å². The fourth-order valence-electron chi connectivity index (χ4n) is 4.22. The average molecular weight is 404 g/mol. The van der Waals surface area contributed by atoms with Crippen LogP contribution in [0.3, 0.4) is 0 Å². The second-order valence-electron chi connectivity index (χ2n) is 6.85. The molecule has 2 bridgehead atoms. The minimum Gasteiger partial charge on any atom is -0.314 e. The molecule has 0 radical (unpaired) electrons. The summed E-state index contributed by atoms with van der Waals surface area (Å²) < 4.78 is 3.13. The van der Waals surface area contributed by atoms with Crippen molar-refractivity contribution in [2.24, 2.45) is 0 Å². The number of fused-ring (bicyclic) bond motifs is 3. The largest absolute Gasteiger partial charge is 0.314 e. The van der Waals surface area contributed by atoms with Crippen LogP contribution < -0.4 is 10.2 Å². The number of rotatable bonds is 5. The molecule has 2 atom stereocenters. The number of hydrogen-bond donors (Lipinski definition) is 1. The van der Waals surface area contributed by atoms with E-state index in [0.29, 0.717) is 12.1 Å². The zero-order chi connectivity index (χ0) is 15.8. The Balaban J connectivity index is 0.00000113. The van der Waals surface area contributed by atoms with Gasteiger partial charge < -0.3 is 5.32 Å². The summed E-state index contributed by atoms with van der Waals surface area (Å²) in [6, 6.07) is 7.87. The summed E-state index contributed by atoms with van der Waals surface area (Å²) in [5.74, 6) is 0. The van der Waals surface area contributed by atoms with Crippen LogP contribution >= 0.6 is 36.2 Å². The van der Waals surface area contributed by atoms with Crippen molar-refractivity contribution in [1.82, 2.24) is 14.8 Å². The van der Waals surface area contributed by atoms with Crippen LogP contribution in [-0.4, -0.2) is 41.2 Å². The quantitative estimate of drug-likeness (QED) is 0.831. The highest BCUT2D eigenvalue weighted by Crippen LogP contribution is 2.26. The molecule has 2 aliphatic rings. The lowest BCUT2D eigenvalue weighted by Crippen LogP contribution is -2.52. The van der Waals surface area contributed by atoms with Crippen LogP contribution in [0.5, 0.6) is 0 Å². The predicted octanol–water partition coefficient (Wildman–Crippen LogP) is 3.30. The number of benzene rings is 1. The van der Waals surface area contributed by atoms with Gasteiger partial charge in [-0.2, -0.15) is 0 Å². The van der Waals surface area contributed by atoms with E-state index in [1.54, 1.807) is 0 Å². The van der Waals surface area contributed by atoms with E-state index in [0.717, 1.165) is 49.2 Å². The Bertz CT molecular complexity index is 744. The summed E-state index contributed by atoms with van der Waals surface area (Å²) in [7, 11) is 0. The monoisotopic (exact) mass is 403 g/mol. The number of halogens is 2. The standard InChI is InChI=1S/C18H25N3OS.2ClH/c1-2-3-13-4-7-16-17(10-13)23-18(22)21(16)9-8-20-14-5-6-15(20)12-19-11-14;;/h4,7,10,14-15,19H,2-3,5-6,8-9,11-12H2,1H3;2*1H. The third-order valence-electron chi connectivity index (χ3n) is 5.38. The lowest BCUT2D eigenvalue weighted by atomic mass is 10.1. The molecule has 0 saturated carbocycles. The van der Waals surface area contributed by atoms with E-state index in [1.807, 2.05) is 4.57 Å². The Morgan fingerprint density at radius 1 is 1.16 bits per heavy atom. The van der Waals surface area contributed by atoms with Crippen molar-refractivity contribution in [2.45, 2.75) is 51.2 Å². The van der Waals surface area contributed by atoms with Gasteiger partial charge in [0.15, 0.2) is 0 Å². The third kappa shape index (κ3) is 4.06. The summed E-state index contributed by atoms with van der Waals surface area (Å²) in [6.07, 6.45) is 4.84. The second kappa shape index (κ2) is 8.87. The number of nitrogens with one attached hydrogen (secondary N) is 1. The minimum absolute atomic E-state index is 0. The first-order valence-electron chi connectivity index (χ1n) is 8.85. The fourth-order valence-corrected chi connectivity index (χ4v) is 5.20. The topological polar surface area (TPSA) is 37.3 Å². The Labute approximate surface area is 165 Å². The molecule has 2 unspecified atom stereocenters. The molecule has 1 aromatic carbocycles. The highest BCUT2D eigenvalue weighted by atomic mass is 35.5. The van der Waals surface area contributed by atoms with Crippen molar-refractivity contribution in [3.05, 3.63) is 33.4 Å². The number of aryl methyl sites for hydroxylation is 1. The molecule has 1 aromatic heterocycles. The molecule has 0 amide bonds. The van der Waals surface area contributed by atoms with Gasteiger partial charge in [-0.3, -0.25) is 14.3 Å². The summed E-state index contributed by atoms with van der Waals surface area (Å²) in [6.45, 7) is 6.23. The molecule has 140 valence electrons. The average Bonchev–Trinajstić information content (AvgIpc) is 2.96. The van der Waals surface area contributed by atoms with Gasteiger partial charge in [0.25, 0.3) is 0 Å². The lowest BCUT2D eigenvalue weighted by molar-refractivity contribution is 0.148. The molecule has 4 rings (SSSR count). The van der Waals surface area contributed by atoms with Crippen LogP contribution in [-0.2, 0) is 13.0 Å². The van der Waals surface area contributed by atoms with E-state index < -0.39 is 0 Å². The van der Waals surface area contributed by atoms with Gasteiger partial charge in [-0.25, -0.2) is 0 Å². The van der Waals surface area contributed by atoms with Gasteiger partial charge in [-0.05, 0) is 37.0 Å². The number of thiazole rings is 1. The number of hydrogen-bond acceptors (Lipinski definition) is 4. The molecule has 0 spiro atoms. The smallest absolute Gasteiger partial charge is 0.308 e. The molecule has 3 heterocycles. The number of nitrogens with zero attached hydrogens (tertiary/aromatic N) is 2.